The highest BCUT2D eigenvalue weighted by Crippen LogP contribution is 2.24. The number of ether oxygens (including phenoxy) is 2. The third-order valence-corrected chi connectivity index (χ3v) is 5.43. The number of carbonyl (C=O) groups is 3. The van der Waals surface area contributed by atoms with E-state index in [1.54, 1.807) is 7.11 Å². The molecule has 3 atom stereocenters. The summed E-state index contributed by atoms with van der Waals surface area (Å²) in [5.41, 5.74) is 1.86. The van der Waals surface area contributed by atoms with Crippen LogP contribution in [0.15, 0.2) is 54.6 Å². The van der Waals surface area contributed by atoms with Crippen LogP contribution in [0.2, 0.25) is 0 Å². The molecule has 1 fully saturated rings. The van der Waals surface area contributed by atoms with Crippen LogP contribution in [0.3, 0.4) is 0 Å². The average Bonchev–Trinajstić information content (AvgIpc) is 2.80. The third-order valence-electron chi connectivity index (χ3n) is 5.43. The fourth-order valence-corrected chi connectivity index (χ4v) is 3.75. The van der Waals surface area contributed by atoms with Crippen LogP contribution in [0, 0.1) is 0 Å². The minimum atomic E-state index is -0.650. The standard InChI is InChI=1S/C23H27N3O5/c1-30-18-10-8-17(9-11-18)22(16-6-4-3-5-7-16)25-20(27)15-26-13-12-24-23(29)19(26)14-21(28)31-2/h3-11,19,22H,12-15H2,1-2H3,(H,24,29)(H,25,27)/p+1/t19-,22-/m0/s1. The molecular formula is C23H28N3O5+. The predicted molar refractivity (Wildman–Crippen MR) is 114 cm³/mol. The van der Waals surface area contributed by atoms with Crippen LogP contribution in [-0.2, 0) is 19.1 Å². The number of hydrogen-bond acceptors (Lipinski definition) is 5. The largest absolute Gasteiger partial charge is 0.497 e. The number of esters is 1. The zero-order valence-electron chi connectivity index (χ0n) is 17.7. The Hall–Kier alpha value is -3.39. The summed E-state index contributed by atoms with van der Waals surface area (Å²) in [6, 6.07) is 16.2. The second-order valence-electron chi connectivity index (χ2n) is 7.39. The number of amides is 2. The van der Waals surface area contributed by atoms with Gasteiger partial charge in [-0.1, -0.05) is 42.5 Å². The van der Waals surface area contributed by atoms with E-state index in [9.17, 15) is 14.4 Å². The first-order valence-corrected chi connectivity index (χ1v) is 10.2. The van der Waals surface area contributed by atoms with Crippen molar-refractivity contribution in [3.05, 3.63) is 65.7 Å². The molecule has 31 heavy (non-hydrogen) atoms. The van der Waals surface area contributed by atoms with E-state index in [1.165, 1.54) is 7.11 Å². The molecule has 8 heteroatoms. The molecule has 0 bridgehead atoms. The van der Waals surface area contributed by atoms with Crippen molar-refractivity contribution in [2.24, 2.45) is 0 Å². The third kappa shape index (κ3) is 5.82. The fourth-order valence-electron chi connectivity index (χ4n) is 3.75. The molecule has 164 valence electrons. The van der Waals surface area contributed by atoms with E-state index >= 15 is 0 Å². The lowest BCUT2D eigenvalue weighted by atomic mass is 9.98. The van der Waals surface area contributed by atoms with Crippen LogP contribution < -0.4 is 20.3 Å². The number of methoxy groups -OCH3 is 2. The number of nitrogens with one attached hydrogen (secondary N) is 3. The molecule has 0 aromatic heterocycles. The van der Waals surface area contributed by atoms with Crippen molar-refractivity contribution in [3.8, 4) is 5.75 Å². The van der Waals surface area contributed by atoms with E-state index in [-0.39, 0.29) is 30.8 Å². The molecule has 0 spiro atoms. The summed E-state index contributed by atoms with van der Waals surface area (Å²) in [7, 11) is 2.89. The first kappa shape index (κ1) is 22.3. The van der Waals surface area contributed by atoms with Crippen molar-refractivity contribution in [1.29, 1.82) is 0 Å². The molecule has 3 rings (SSSR count). The number of hydrogen-bond donors (Lipinski definition) is 3. The van der Waals surface area contributed by atoms with Gasteiger partial charge in [-0.05, 0) is 23.3 Å². The predicted octanol–water partition coefficient (Wildman–Crippen LogP) is -0.153. The van der Waals surface area contributed by atoms with Crippen LogP contribution in [0.25, 0.3) is 0 Å². The van der Waals surface area contributed by atoms with Gasteiger partial charge in [-0.15, -0.1) is 0 Å². The van der Waals surface area contributed by atoms with Crippen molar-refractivity contribution in [2.45, 2.75) is 18.5 Å². The van der Waals surface area contributed by atoms with Crippen molar-refractivity contribution >= 4 is 17.8 Å². The highest BCUT2D eigenvalue weighted by molar-refractivity contribution is 5.86. The first-order chi connectivity index (χ1) is 15.0. The van der Waals surface area contributed by atoms with E-state index in [0.717, 1.165) is 21.8 Å². The molecule has 1 aliphatic rings. The van der Waals surface area contributed by atoms with Gasteiger partial charge in [0.1, 0.15) is 12.2 Å². The zero-order valence-corrected chi connectivity index (χ0v) is 17.7. The van der Waals surface area contributed by atoms with Crippen molar-refractivity contribution in [1.82, 2.24) is 10.6 Å². The fraction of sp³-hybridized carbons (Fsp3) is 0.348. The van der Waals surface area contributed by atoms with E-state index in [4.69, 9.17) is 9.47 Å². The Morgan fingerprint density at radius 2 is 1.77 bits per heavy atom. The van der Waals surface area contributed by atoms with Gasteiger partial charge in [0.15, 0.2) is 12.6 Å². The minimum Gasteiger partial charge on any atom is -0.497 e. The van der Waals surface area contributed by atoms with E-state index < -0.39 is 12.0 Å². The summed E-state index contributed by atoms with van der Waals surface area (Å²) in [5, 5.41) is 5.85. The lowest BCUT2D eigenvalue weighted by Crippen LogP contribution is -3.20. The van der Waals surface area contributed by atoms with Gasteiger partial charge in [-0.2, -0.15) is 0 Å². The van der Waals surface area contributed by atoms with Crippen LogP contribution >= 0.6 is 0 Å². The molecule has 8 nitrogen and oxygen atoms in total. The van der Waals surface area contributed by atoms with Crippen molar-refractivity contribution in [3.63, 3.8) is 0 Å². The van der Waals surface area contributed by atoms with Crippen LogP contribution in [-0.4, -0.2) is 57.7 Å². The second-order valence-corrected chi connectivity index (χ2v) is 7.39. The van der Waals surface area contributed by atoms with Gasteiger partial charge < -0.3 is 25.0 Å². The molecule has 1 unspecified atom stereocenters. The van der Waals surface area contributed by atoms with Gasteiger partial charge in [0.2, 0.25) is 0 Å². The number of piperazine rings is 1. The van der Waals surface area contributed by atoms with Gasteiger partial charge in [0.25, 0.3) is 11.8 Å². The smallest absolute Gasteiger partial charge is 0.312 e. The minimum absolute atomic E-state index is 0.0639. The maximum Gasteiger partial charge on any atom is 0.312 e. The Bertz CT molecular complexity index is 901. The summed E-state index contributed by atoms with van der Waals surface area (Å²) in [6.07, 6.45) is -0.0639. The Kier molecular flexibility index (Phi) is 7.61. The number of rotatable bonds is 8. The molecule has 0 saturated carbocycles. The molecule has 1 aliphatic heterocycles. The lowest BCUT2D eigenvalue weighted by molar-refractivity contribution is -0.909. The van der Waals surface area contributed by atoms with Crippen LogP contribution in [0.4, 0.5) is 0 Å². The van der Waals surface area contributed by atoms with Gasteiger partial charge in [0.05, 0.1) is 33.4 Å². The molecule has 0 radical (unpaired) electrons. The summed E-state index contributed by atoms with van der Waals surface area (Å²) >= 11 is 0. The number of carbonyl (C=O) groups excluding carboxylic acids is 3. The average molecular weight is 426 g/mol. The van der Waals surface area contributed by atoms with Gasteiger partial charge in [-0.25, -0.2) is 0 Å². The molecule has 2 amide bonds. The van der Waals surface area contributed by atoms with Crippen LogP contribution in [0.5, 0.6) is 5.75 Å². The van der Waals surface area contributed by atoms with Crippen LogP contribution in [0.1, 0.15) is 23.6 Å². The molecule has 2 aromatic rings. The molecule has 1 heterocycles. The molecular weight excluding hydrogens is 398 g/mol. The Labute approximate surface area is 181 Å². The Morgan fingerprint density at radius 3 is 2.42 bits per heavy atom. The summed E-state index contributed by atoms with van der Waals surface area (Å²) < 4.78 is 9.94. The summed E-state index contributed by atoms with van der Waals surface area (Å²) in [4.78, 5) is 37.7. The molecule has 3 N–H and O–H groups in total. The van der Waals surface area contributed by atoms with Crippen molar-refractivity contribution < 1.29 is 28.8 Å². The van der Waals surface area contributed by atoms with Gasteiger partial charge >= 0.3 is 5.97 Å². The topological polar surface area (TPSA) is 98.2 Å². The van der Waals surface area contributed by atoms with Gasteiger partial charge in [0, 0.05) is 0 Å². The normalized spacial score (nSPS) is 19.1. The first-order valence-electron chi connectivity index (χ1n) is 10.2. The summed E-state index contributed by atoms with van der Waals surface area (Å²) in [5.74, 6) is -0.185. The Morgan fingerprint density at radius 1 is 1.10 bits per heavy atom. The van der Waals surface area contributed by atoms with E-state index in [2.05, 4.69) is 10.6 Å². The quantitative estimate of drug-likeness (QED) is 0.510. The van der Waals surface area contributed by atoms with Gasteiger partial charge in [-0.3, -0.25) is 14.4 Å². The molecule has 2 aromatic carbocycles. The molecule has 0 aliphatic carbocycles. The van der Waals surface area contributed by atoms with Crippen molar-refractivity contribution in [2.75, 3.05) is 33.9 Å². The lowest BCUT2D eigenvalue weighted by Gasteiger charge is -2.31. The number of quaternary nitrogens is 1. The maximum absolute atomic E-state index is 13.0. The highest BCUT2D eigenvalue weighted by atomic mass is 16.5. The second kappa shape index (κ2) is 10.6. The highest BCUT2D eigenvalue weighted by Gasteiger charge is 2.37. The molecule has 1 saturated heterocycles. The Balaban J connectivity index is 1.76. The maximum atomic E-state index is 13.0. The van der Waals surface area contributed by atoms with E-state index in [0.29, 0.717) is 13.1 Å². The number of benzene rings is 2. The monoisotopic (exact) mass is 426 g/mol. The SMILES string of the molecule is COC(=O)C[C@H]1C(=O)NCC[NH+]1CC(=O)N[C@@H](c1ccccc1)c1ccc(OC)cc1. The van der Waals surface area contributed by atoms with E-state index in [1.807, 2.05) is 54.6 Å². The summed E-state index contributed by atoms with van der Waals surface area (Å²) in [6.45, 7) is 1.09. The zero-order chi connectivity index (χ0) is 22.2.